The van der Waals surface area contributed by atoms with Gasteiger partial charge >= 0.3 is 0 Å². The molecule has 1 aliphatic rings. The second kappa shape index (κ2) is 1.88. The number of nitrogens with zero attached hydrogens (tertiary/aromatic N) is 2. The molecule has 3 rings (SSSR count). The summed E-state index contributed by atoms with van der Waals surface area (Å²) in [5.74, 6) is 0. The average molecular weight is 156 g/mol. The number of aromatic amines is 1. The topological polar surface area (TPSA) is 42.2 Å². The molecule has 1 radical (unpaired) electrons. The molecule has 0 aliphatic carbocycles. The fourth-order valence-corrected chi connectivity index (χ4v) is 1.51. The van der Waals surface area contributed by atoms with E-state index in [-0.39, 0.29) is 0 Å². The Morgan fingerprint density at radius 1 is 1.17 bits per heavy atom. The number of rotatable bonds is 0. The summed E-state index contributed by atoms with van der Waals surface area (Å²) in [7, 11) is 0. The number of hydrogen-bond donors (Lipinski definition) is 1. The van der Waals surface area contributed by atoms with Crippen molar-refractivity contribution >= 4 is 22.8 Å². The molecule has 0 spiro atoms. The Labute approximate surface area is 69.1 Å². The Kier molecular flexibility index (Phi) is 0.913. The second-order valence-electron chi connectivity index (χ2n) is 2.78. The van der Waals surface area contributed by atoms with Crippen LogP contribution in [0.1, 0.15) is 5.56 Å². The summed E-state index contributed by atoms with van der Waals surface area (Å²) in [6.45, 7) is 0. The van der Waals surface area contributed by atoms with Gasteiger partial charge in [-0.2, -0.15) is 10.5 Å². The van der Waals surface area contributed by atoms with Gasteiger partial charge in [-0.25, -0.2) is 0 Å². The van der Waals surface area contributed by atoms with E-state index in [0.717, 1.165) is 16.8 Å². The van der Waals surface area contributed by atoms with Gasteiger partial charge in [-0.05, 0) is 12.1 Å². The highest BCUT2D eigenvalue weighted by Crippen LogP contribution is 2.26. The molecular weight excluding hydrogens is 150 g/mol. The van der Waals surface area contributed by atoms with Crippen molar-refractivity contribution in [2.45, 2.75) is 0 Å². The van der Waals surface area contributed by atoms with Gasteiger partial charge in [-0.3, -0.25) is 0 Å². The Morgan fingerprint density at radius 2 is 2.17 bits per heavy atom. The highest BCUT2D eigenvalue weighted by molar-refractivity contribution is 6.04. The zero-order valence-corrected chi connectivity index (χ0v) is 6.28. The van der Waals surface area contributed by atoms with Crippen molar-refractivity contribution in [3.05, 3.63) is 30.0 Å². The summed E-state index contributed by atoms with van der Waals surface area (Å²) in [5, 5.41) is 5.07. The lowest BCUT2D eigenvalue weighted by Gasteiger charge is -1.95. The molecular formula is C9H6N3. The third-order valence-electron chi connectivity index (χ3n) is 2.10. The molecule has 1 aromatic carbocycles. The van der Waals surface area contributed by atoms with Crippen LogP contribution in [0, 0.1) is 0 Å². The fourth-order valence-electron chi connectivity index (χ4n) is 1.51. The van der Waals surface area contributed by atoms with Gasteiger partial charge in [0.15, 0.2) is 0 Å². The third kappa shape index (κ3) is 0.580. The molecule has 2 heterocycles. The van der Waals surface area contributed by atoms with Crippen LogP contribution in [0.2, 0.25) is 0 Å². The molecule has 0 saturated heterocycles. The van der Waals surface area contributed by atoms with Crippen molar-refractivity contribution in [2.24, 2.45) is 5.10 Å². The van der Waals surface area contributed by atoms with Crippen LogP contribution in [0.25, 0.3) is 10.9 Å². The first-order valence-corrected chi connectivity index (χ1v) is 3.79. The van der Waals surface area contributed by atoms with Crippen LogP contribution < -0.4 is 5.43 Å². The quantitative estimate of drug-likeness (QED) is 0.603. The lowest BCUT2D eigenvalue weighted by molar-refractivity contribution is 0.992. The summed E-state index contributed by atoms with van der Waals surface area (Å²) in [6, 6.07) is 6.07. The van der Waals surface area contributed by atoms with Crippen LogP contribution in [0.5, 0.6) is 0 Å². The summed E-state index contributed by atoms with van der Waals surface area (Å²) >= 11 is 0. The molecule has 3 heteroatoms. The zero-order valence-electron chi connectivity index (χ0n) is 6.28. The molecule has 1 N–H and O–H groups in total. The molecule has 0 bridgehead atoms. The molecule has 1 aromatic heterocycles. The van der Waals surface area contributed by atoms with Crippen LogP contribution in [-0.2, 0) is 0 Å². The maximum atomic E-state index is 3.98. The van der Waals surface area contributed by atoms with Crippen LogP contribution in [0.4, 0.5) is 5.69 Å². The Bertz CT molecular complexity index is 468. The number of aromatic nitrogens is 1. The smallest absolute Gasteiger partial charge is 0.0966 e. The lowest BCUT2D eigenvalue weighted by atomic mass is 10.1. The standard InChI is InChI=1S/C9H6N3/c1-2-8-7(5-11-12-8)9-6(1)3-4-10-9/h1-5,10H. The van der Waals surface area contributed by atoms with E-state index in [1.54, 1.807) is 6.21 Å². The normalized spacial score (nSPS) is 13.3. The fraction of sp³-hybridized carbons (Fsp3) is 0. The van der Waals surface area contributed by atoms with Gasteiger partial charge in [-0.15, -0.1) is 0 Å². The zero-order chi connectivity index (χ0) is 7.97. The maximum Gasteiger partial charge on any atom is 0.0966 e. The van der Waals surface area contributed by atoms with Crippen molar-refractivity contribution in [3.8, 4) is 0 Å². The average Bonchev–Trinajstić information content (AvgIpc) is 2.71. The minimum Gasteiger partial charge on any atom is -0.361 e. The monoisotopic (exact) mass is 156 g/mol. The minimum absolute atomic E-state index is 0.949. The van der Waals surface area contributed by atoms with Crippen molar-refractivity contribution < 1.29 is 0 Å². The number of benzene rings is 1. The summed E-state index contributed by atoms with van der Waals surface area (Å²) < 4.78 is 0. The molecule has 2 aromatic rings. The van der Waals surface area contributed by atoms with Gasteiger partial charge in [-0.1, -0.05) is 6.07 Å². The van der Waals surface area contributed by atoms with Gasteiger partial charge in [0.2, 0.25) is 0 Å². The summed E-state index contributed by atoms with van der Waals surface area (Å²) in [5.41, 5.74) is 7.15. The van der Waals surface area contributed by atoms with Gasteiger partial charge in [0.25, 0.3) is 0 Å². The SMILES string of the molecule is C1=N[N]c2ccc3cc[nH]c3c21. The number of H-pyrrole nitrogens is 1. The minimum atomic E-state index is 0.949. The van der Waals surface area contributed by atoms with E-state index in [9.17, 15) is 0 Å². The highest BCUT2D eigenvalue weighted by atomic mass is 15.3. The van der Waals surface area contributed by atoms with E-state index >= 15 is 0 Å². The largest absolute Gasteiger partial charge is 0.361 e. The van der Waals surface area contributed by atoms with Crippen molar-refractivity contribution in [1.82, 2.24) is 10.4 Å². The molecule has 12 heavy (non-hydrogen) atoms. The van der Waals surface area contributed by atoms with E-state index in [1.807, 2.05) is 24.4 Å². The molecule has 0 fully saturated rings. The van der Waals surface area contributed by atoms with E-state index in [1.165, 1.54) is 5.39 Å². The molecule has 3 nitrogen and oxygen atoms in total. The summed E-state index contributed by atoms with van der Waals surface area (Å²) in [6.07, 6.45) is 3.71. The molecule has 57 valence electrons. The van der Waals surface area contributed by atoms with Crippen LogP contribution >= 0.6 is 0 Å². The summed E-state index contributed by atoms with van der Waals surface area (Å²) in [4.78, 5) is 3.17. The molecule has 0 saturated carbocycles. The van der Waals surface area contributed by atoms with Gasteiger partial charge in [0.05, 0.1) is 17.4 Å². The highest BCUT2D eigenvalue weighted by Gasteiger charge is 2.11. The first-order valence-electron chi connectivity index (χ1n) is 3.79. The first kappa shape index (κ1) is 5.83. The number of nitrogens with one attached hydrogen (secondary N) is 1. The lowest BCUT2D eigenvalue weighted by Crippen LogP contribution is -1.83. The van der Waals surface area contributed by atoms with Crippen LogP contribution in [0.15, 0.2) is 29.5 Å². The predicted octanol–water partition coefficient (Wildman–Crippen LogP) is 1.75. The predicted molar refractivity (Wildman–Crippen MR) is 47.7 cm³/mol. The molecule has 1 aliphatic heterocycles. The van der Waals surface area contributed by atoms with Crippen LogP contribution in [0.3, 0.4) is 0 Å². The Hall–Kier alpha value is -1.77. The van der Waals surface area contributed by atoms with Crippen molar-refractivity contribution in [1.29, 1.82) is 0 Å². The number of fused-ring (bicyclic) bond motifs is 3. The van der Waals surface area contributed by atoms with Gasteiger partial charge in [0, 0.05) is 17.1 Å². The van der Waals surface area contributed by atoms with E-state index < -0.39 is 0 Å². The third-order valence-corrected chi connectivity index (χ3v) is 2.10. The second-order valence-corrected chi connectivity index (χ2v) is 2.78. The molecule has 0 amide bonds. The van der Waals surface area contributed by atoms with Crippen LogP contribution in [-0.4, -0.2) is 11.2 Å². The van der Waals surface area contributed by atoms with Gasteiger partial charge in [0.1, 0.15) is 0 Å². The Balaban J connectivity index is 2.52. The Morgan fingerprint density at radius 3 is 3.17 bits per heavy atom. The van der Waals surface area contributed by atoms with E-state index in [2.05, 4.69) is 15.5 Å². The van der Waals surface area contributed by atoms with E-state index in [4.69, 9.17) is 0 Å². The van der Waals surface area contributed by atoms with Crippen molar-refractivity contribution in [3.63, 3.8) is 0 Å². The van der Waals surface area contributed by atoms with Gasteiger partial charge < -0.3 is 4.98 Å². The van der Waals surface area contributed by atoms with E-state index in [0.29, 0.717) is 0 Å². The number of hydrogen-bond acceptors (Lipinski definition) is 1. The van der Waals surface area contributed by atoms with Crippen molar-refractivity contribution in [2.75, 3.05) is 0 Å². The maximum absolute atomic E-state index is 3.98. The molecule has 0 atom stereocenters. The molecule has 0 unspecified atom stereocenters. The first-order chi connectivity index (χ1) is 5.95.